The summed E-state index contributed by atoms with van der Waals surface area (Å²) in [5.41, 5.74) is 5.79. The molecular weight excluding hydrogens is 482 g/mol. The second-order valence-corrected chi connectivity index (χ2v) is 11.3. The van der Waals surface area contributed by atoms with E-state index >= 15 is 0 Å². The molecule has 1 aromatic heterocycles. The van der Waals surface area contributed by atoms with Crippen molar-refractivity contribution < 1.29 is 26.0 Å². The number of para-hydroxylation sites is 1. The first kappa shape index (κ1) is 24.8. The molecule has 0 aliphatic carbocycles. The molecule has 4 rings (SSSR count). The Morgan fingerprint density at radius 3 is 1.82 bits per heavy atom. The van der Waals surface area contributed by atoms with Gasteiger partial charge < -0.3 is 4.55 Å². The summed E-state index contributed by atoms with van der Waals surface area (Å²) in [5.74, 6) is 0. The molecule has 33 heavy (non-hydrogen) atoms. The van der Waals surface area contributed by atoms with E-state index in [0.29, 0.717) is 0 Å². The molecule has 11 heteroatoms. The van der Waals surface area contributed by atoms with Crippen molar-refractivity contribution in [2.24, 2.45) is 7.05 Å². The fourth-order valence-corrected chi connectivity index (χ4v) is 5.18. The molecule has 0 aliphatic heterocycles. The van der Waals surface area contributed by atoms with Crippen LogP contribution in [0.25, 0.3) is 10.2 Å². The lowest BCUT2D eigenvalue weighted by atomic mass is 10.2. The summed E-state index contributed by atoms with van der Waals surface area (Å²) in [6, 6.07) is 20.4. The van der Waals surface area contributed by atoms with Crippen LogP contribution in [0.3, 0.4) is 0 Å². The summed E-state index contributed by atoms with van der Waals surface area (Å²) in [6.07, 6.45) is 0. The van der Waals surface area contributed by atoms with E-state index < -0.39 is 20.1 Å². The molecule has 4 aromatic rings. The van der Waals surface area contributed by atoms with Gasteiger partial charge in [0.2, 0.25) is 0 Å². The molecule has 174 valence electrons. The minimum absolute atomic E-state index is 0.178. The Hall–Kier alpha value is -2.83. The number of nitrogens with zero attached hydrogens (tertiary/aromatic N) is 1. The normalized spacial score (nSPS) is 11.6. The number of hydrogen-bond acceptors (Lipinski definition) is 7. The third-order valence-corrected chi connectivity index (χ3v) is 7.92. The highest BCUT2D eigenvalue weighted by molar-refractivity contribution is 7.89. The average molecular weight is 506 g/mol. The Morgan fingerprint density at radius 1 is 0.788 bits per heavy atom. The molecule has 0 amide bonds. The van der Waals surface area contributed by atoms with Gasteiger partial charge in [-0.1, -0.05) is 47.5 Å². The van der Waals surface area contributed by atoms with Crippen LogP contribution in [0.4, 0.5) is 5.13 Å². The van der Waals surface area contributed by atoms with Crippen molar-refractivity contribution in [3.05, 3.63) is 83.9 Å². The highest BCUT2D eigenvalue weighted by Gasteiger charge is 2.20. The second-order valence-electron chi connectivity index (χ2n) is 7.24. The first-order valence-corrected chi connectivity index (χ1v) is 13.4. The number of benzene rings is 3. The maximum atomic E-state index is 12.3. The minimum atomic E-state index is -4.27. The van der Waals surface area contributed by atoms with Gasteiger partial charge in [-0.05, 0) is 66.4 Å². The van der Waals surface area contributed by atoms with Gasteiger partial charge in [0.1, 0.15) is 15.6 Å². The number of anilines is 1. The van der Waals surface area contributed by atoms with Crippen LogP contribution in [0.2, 0.25) is 0 Å². The number of aryl methyl sites for hydroxylation is 3. The maximum Gasteiger partial charge on any atom is 0.353 e. The molecule has 0 spiro atoms. The van der Waals surface area contributed by atoms with Crippen molar-refractivity contribution in [3.8, 4) is 0 Å². The first-order chi connectivity index (χ1) is 15.5. The lowest BCUT2D eigenvalue weighted by Gasteiger charge is -2.05. The molecule has 0 bridgehead atoms. The van der Waals surface area contributed by atoms with Crippen LogP contribution >= 0.6 is 11.3 Å². The topological polar surface area (TPSA) is 119 Å². The number of aromatic nitrogens is 1. The van der Waals surface area contributed by atoms with E-state index in [1.54, 1.807) is 36.4 Å². The van der Waals surface area contributed by atoms with Crippen LogP contribution < -0.4 is 14.8 Å². The number of thiazole rings is 1. The van der Waals surface area contributed by atoms with Crippen molar-refractivity contribution >= 4 is 46.8 Å². The Labute approximate surface area is 197 Å². The van der Waals surface area contributed by atoms with Crippen molar-refractivity contribution in [1.82, 2.24) is 4.83 Å². The predicted molar refractivity (Wildman–Crippen MR) is 127 cm³/mol. The molecule has 0 radical (unpaired) electrons. The highest BCUT2D eigenvalue weighted by atomic mass is 32.2. The zero-order valence-electron chi connectivity index (χ0n) is 18.1. The lowest BCUT2D eigenvalue weighted by Crippen LogP contribution is -2.37. The number of sulfonamides is 1. The van der Waals surface area contributed by atoms with Gasteiger partial charge in [-0.3, -0.25) is 0 Å². The standard InChI is InChI=1S/C15H15N3O2S2.C7H8O3S/c1-11-7-9-12(10-8-11)22(19,20)17-16-15-18(2)13-5-3-4-6-14(13)21-15;1-6-2-4-7(5-3-6)11(8,9)10/h3-10,17H,1-2H3;2-5H,1H3,(H,8,9,10). The van der Waals surface area contributed by atoms with E-state index in [4.69, 9.17) is 0 Å². The third-order valence-electron chi connectivity index (χ3n) is 4.67. The smallest absolute Gasteiger partial charge is 0.353 e. The Bertz CT molecular complexity index is 1460. The molecule has 0 aliphatic rings. The van der Waals surface area contributed by atoms with E-state index in [1.165, 1.54) is 23.5 Å². The van der Waals surface area contributed by atoms with E-state index in [9.17, 15) is 21.4 Å². The average Bonchev–Trinajstić information content (AvgIpc) is 3.09. The van der Waals surface area contributed by atoms with Crippen LogP contribution in [-0.4, -0.2) is 21.4 Å². The number of nitrogens with one attached hydrogen (secondary N) is 2. The van der Waals surface area contributed by atoms with Gasteiger partial charge in [0.25, 0.3) is 10.0 Å². The van der Waals surface area contributed by atoms with E-state index in [-0.39, 0.29) is 9.79 Å². The van der Waals surface area contributed by atoms with Gasteiger partial charge in [0.05, 0.1) is 21.5 Å². The third kappa shape index (κ3) is 6.36. The highest BCUT2D eigenvalue weighted by Crippen LogP contribution is 2.23. The van der Waals surface area contributed by atoms with E-state index in [2.05, 4.69) is 10.3 Å². The van der Waals surface area contributed by atoms with Gasteiger partial charge in [0.15, 0.2) is 0 Å². The van der Waals surface area contributed by atoms with Crippen molar-refractivity contribution in [1.29, 1.82) is 0 Å². The molecule has 0 fully saturated rings. The maximum absolute atomic E-state index is 12.3. The lowest BCUT2D eigenvalue weighted by molar-refractivity contribution is -0.626. The molecule has 1 heterocycles. The number of rotatable bonds is 5. The van der Waals surface area contributed by atoms with Crippen molar-refractivity contribution in [2.75, 3.05) is 5.43 Å². The zero-order chi connectivity index (χ0) is 24.2. The largest absolute Gasteiger partial charge is 0.744 e. The summed E-state index contributed by atoms with van der Waals surface area (Å²) in [4.78, 5) is 2.48. The molecule has 0 atom stereocenters. The van der Waals surface area contributed by atoms with Crippen LogP contribution in [0.1, 0.15) is 11.1 Å². The Kier molecular flexibility index (Phi) is 7.50. The fraction of sp³-hybridized carbons (Fsp3) is 0.136. The summed E-state index contributed by atoms with van der Waals surface area (Å²) in [5, 5.41) is 0.719. The first-order valence-electron chi connectivity index (χ1n) is 9.72. The Balaban J connectivity index is 0.000000235. The molecule has 2 N–H and O–H groups in total. The van der Waals surface area contributed by atoms with Crippen LogP contribution in [0.15, 0.2) is 82.6 Å². The molecular formula is C22H23N3O5S3. The van der Waals surface area contributed by atoms with Gasteiger partial charge >= 0.3 is 5.13 Å². The van der Waals surface area contributed by atoms with Gasteiger partial charge in [0, 0.05) is 0 Å². The monoisotopic (exact) mass is 505 g/mol. The Morgan fingerprint density at radius 2 is 1.30 bits per heavy atom. The van der Waals surface area contributed by atoms with E-state index in [0.717, 1.165) is 26.5 Å². The summed E-state index contributed by atoms with van der Waals surface area (Å²) < 4.78 is 58.7. The second kappa shape index (κ2) is 9.98. The SMILES string of the molecule is Cc1ccc(S(=O)(=O)NNc2sc3ccccc3[n+]2C)cc1.Cc1ccc(S(=O)(=O)[O-])cc1. The fourth-order valence-electron chi connectivity index (χ4n) is 2.80. The minimum Gasteiger partial charge on any atom is -0.744 e. The summed E-state index contributed by atoms with van der Waals surface area (Å²) in [6.45, 7) is 3.74. The summed E-state index contributed by atoms with van der Waals surface area (Å²) >= 11 is 1.49. The summed E-state index contributed by atoms with van der Waals surface area (Å²) in [7, 11) is -5.98. The van der Waals surface area contributed by atoms with Crippen molar-refractivity contribution in [2.45, 2.75) is 23.6 Å². The van der Waals surface area contributed by atoms with Gasteiger partial charge in [-0.2, -0.15) is 5.43 Å². The van der Waals surface area contributed by atoms with Gasteiger partial charge in [-0.25, -0.2) is 21.4 Å². The van der Waals surface area contributed by atoms with Crippen LogP contribution in [-0.2, 0) is 27.2 Å². The zero-order valence-corrected chi connectivity index (χ0v) is 20.6. The van der Waals surface area contributed by atoms with Gasteiger partial charge in [-0.15, -0.1) is 0 Å². The van der Waals surface area contributed by atoms with Crippen LogP contribution in [0, 0.1) is 13.8 Å². The number of hydrogen-bond donors (Lipinski definition) is 2. The predicted octanol–water partition coefficient (Wildman–Crippen LogP) is 3.24. The number of hydrazine groups is 1. The van der Waals surface area contributed by atoms with Crippen molar-refractivity contribution in [3.63, 3.8) is 0 Å². The van der Waals surface area contributed by atoms with E-state index in [1.807, 2.05) is 49.7 Å². The molecule has 0 unspecified atom stereocenters. The van der Waals surface area contributed by atoms with Crippen LogP contribution in [0.5, 0.6) is 0 Å². The molecule has 0 saturated heterocycles. The quantitative estimate of drug-likeness (QED) is 0.244. The molecule has 3 aromatic carbocycles. The molecule has 0 saturated carbocycles. The molecule has 8 nitrogen and oxygen atoms in total. The number of fused-ring (bicyclic) bond motifs is 1.